The summed E-state index contributed by atoms with van der Waals surface area (Å²) in [6.45, 7) is 0.605. The maximum Gasteiger partial charge on any atom is 0.253 e. The fraction of sp³-hybridized carbons (Fsp3) is 0.231. The predicted octanol–water partition coefficient (Wildman–Crippen LogP) is 2.02. The topological polar surface area (TPSA) is 50.4 Å². The Kier molecular flexibility index (Phi) is 4.11. The normalized spacial score (nSPS) is 14.4. The average Bonchev–Trinajstić information content (AvgIpc) is 2.39. The third-order valence-electron chi connectivity index (χ3n) is 2.69. The molecule has 1 aromatic carbocycles. The van der Waals surface area contributed by atoms with Crippen LogP contribution in [0.15, 0.2) is 29.8 Å². The lowest BCUT2D eigenvalue weighted by Gasteiger charge is -2.17. The Morgan fingerprint density at radius 1 is 1.53 bits per heavy atom. The minimum absolute atomic E-state index is 0.0710. The number of amides is 1. The van der Waals surface area contributed by atoms with Crippen LogP contribution >= 0.6 is 12.2 Å². The minimum Gasteiger partial charge on any atom is -0.492 e. The van der Waals surface area contributed by atoms with Crippen molar-refractivity contribution in [2.45, 2.75) is 6.42 Å². The Labute approximate surface area is 115 Å². The third kappa shape index (κ3) is 2.90. The molecule has 1 aliphatic heterocycles. The van der Waals surface area contributed by atoms with Gasteiger partial charge in [-0.2, -0.15) is 0 Å². The van der Waals surface area contributed by atoms with Crippen LogP contribution < -0.4 is 15.4 Å². The predicted molar refractivity (Wildman–Crippen MR) is 74.9 cm³/mol. The monoisotopic (exact) mass is 280 g/mol. The van der Waals surface area contributed by atoms with Gasteiger partial charge in [0.25, 0.3) is 5.91 Å². The molecule has 0 saturated carbocycles. The lowest BCUT2D eigenvalue weighted by Crippen LogP contribution is -2.34. The molecule has 0 spiro atoms. The summed E-state index contributed by atoms with van der Waals surface area (Å²) in [5.74, 6) is -0.641. The smallest absolute Gasteiger partial charge is 0.253 e. The number of nitrogens with one attached hydrogen (secondary N) is 2. The van der Waals surface area contributed by atoms with Crippen LogP contribution in [0, 0.1) is 5.82 Å². The fourth-order valence-electron chi connectivity index (χ4n) is 1.79. The highest BCUT2D eigenvalue weighted by molar-refractivity contribution is 7.81. The molecule has 2 rings (SSSR count). The van der Waals surface area contributed by atoms with Crippen LogP contribution in [0.5, 0.6) is 5.75 Å². The lowest BCUT2D eigenvalue weighted by atomic mass is 10.1. The quantitative estimate of drug-likeness (QED) is 0.832. The van der Waals surface area contributed by atoms with Gasteiger partial charge in [-0.25, -0.2) is 4.39 Å². The number of thiocarbonyl (C=S) groups is 1. The van der Waals surface area contributed by atoms with Gasteiger partial charge in [0.2, 0.25) is 0 Å². The van der Waals surface area contributed by atoms with Crippen LogP contribution in [0.1, 0.15) is 6.42 Å². The highest BCUT2D eigenvalue weighted by atomic mass is 32.1. The number of benzene rings is 1. The number of hydrogen-bond acceptors (Lipinski definition) is 3. The second kappa shape index (κ2) is 5.79. The van der Waals surface area contributed by atoms with Gasteiger partial charge >= 0.3 is 0 Å². The first kappa shape index (κ1) is 13.5. The van der Waals surface area contributed by atoms with E-state index in [-0.39, 0.29) is 16.6 Å². The van der Waals surface area contributed by atoms with Gasteiger partial charge in [-0.05, 0) is 18.6 Å². The van der Waals surface area contributed by atoms with Crippen LogP contribution in [0.2, 0.25) is 0 Å². The number of carbonyl (C=O) groups excluding carboxylic acids is 1. The molecule has 0 saturated heterocycles. The molecule has 1 amide bonds. The second-order valence-electron chi connectivity index (χ2n) is 3.94. The molecule has 0 atom stereocenters. The summed E-state index contributed by atoms with van der Waals surface area (Å²) in [6, 6.07) is 4.47. The first-order valence-corrected chi connectivity index (χ1v) is 6.16. The van der Waals surface area contributed by atoms with Crippen molar-refractivity contribution in [2.75, 3.05) is 19.0 Å². The summed E-state index contributed by atoms with van der Waals surface area (Å²) in [5.41, 5.74) is 0.791. The van der Waals surface area contributed by atoms with Gasteiger partial charge in [0.1, 0.15) is 4.99 Å². The molecule has 19 heavy (non-hydrogen) atoms. The minimum atomic E-state index is -0.489. The highest BCUT2D eigenvalue weighted by Gasteiger charge is 2.19. The average molecular weight is 280 g/mol. The van der Waals surface area contributed by atoms with E-state index >= 15 is 0 Å². The van der Waals surface area contributed by atoms with Gasteiger partial charge in [0, 0.05) is 6.54 Å². The van der Waals surface area contributed by atoms with Crippen molar-refractivity contribution in [3.63, 3.8) is 0 Å². The van der Waals surface area contributed by atoms with Gasteiger partial charge in [0.15, 0.2) is 11.6 Å². The van der Waals surface area contributed by atoms with Crippen molar-refractivity contribution in [3.05, 3.63) is 35.7 Å². The number of carbonyl (C=O) groups is 1. The van der Waals surface area contributed by atoms with E-state index < -0.39 is 5.82 Å². The Hall–Kier alpha value is -1.95. The molecular formula is C13H13FN2O2S. The molecule has 0 aliphatic carbocycles. The molecule has 0 fully saturated rings. The molecule has 0 unspecified atom stereocenters. The van der Waals surface area contributed by atoms with Crippen molar-refractivity contribution in [2.24, 2.45) is 0 Å². The van der Waals surface area contributed by atoms with Gasteiger partial charge < -0.3 is 15.4 Å². The SMILES string of the molecule is COc1c(F)cccc1NC(=S)C1=CCCNC1=O. The van der Waals surface area contributed by atoms with Gasteiger partial charge in [-0.15, -0.1) is 0 Å². The zero-order chi connectivity index (χ0) is 13.8. The summed E-state index contributed by atoms with van der Waals surface area (Å²) < 4.78 is 18.5. The van der Waals surface area contributed by atoms with Crippen molar-refractivity contribution in [1.29, 1.82) is 0 Å². The van der Waals surface area contributed by atoms with E-state index in [0.29, 0.717) is 17.8 Å². The van der Waals surface area contributed by atoms with Crippen LogP contribution in [0.4, 0.5) is 10.1 Å². The van der Waals surface area contributed by atoms with Crippen molar-refractivity contribution < 1.29 is 13.9 Å². The van der Waals surface area contributed by atoms with E-state index in [2.05, 4.69) is 10.6 Å². The number of para-hydroxylation sites is 1. The van der Waals surface area contributed by atoms with Crippen LogP contribution in [0.3, 0.4) is 0 Å². The standard InChI is InChI=1S/C13H13FN2O2S/c1-18-11-9(14)5-2-6-10(11)16-13(19)8-4-3-7-15-12(8)17/h2,4-6H,3,7H2,1H3,(H,15,17)(H,16,19). The first-order chi connectivity index (χ1) is 9.13. The number of halogens is 1. The van der Waals surface area contributed by atoms with Crippen LogP contribution in [0.25, 0.3) is 0 Å². The zero-order valence-electron chi connectivity index (χ0n) is 10.3. The molecule has 0 radical (unpaired) electrons. The van der Waals surface area contributed by atoms with Crippen molar-refractivity contribution in [3.8, 4) is 5.75 Å². The first-order valence-electron chi connectivity index (χ1n) is 5.75. The van der Waals surface area contributed by atoms with Crippen LogP contribution in [-0.4, -0.2) is 24.6 Å². The summed E-state index contributed by atoms with van der Waals surface area (Å²) in [7, 11) is 1.37. The number of anilines is 1. The Morgan fingerprint density at radius 3 is 3.00 bits per heavy atom. The molecule has 100 valence electrons. The highest BCUT2D eigenvalue weighted by Crippen LogP contribution is 2.27. The summed E-state index contributed by atoms with van der Waals surface area (Å²) in [4.78, 5) is 11.9. The van der Waals surface area contributed by atoms with Crippen molar-refractivity contribution in [1.82, 2.24) is 5.32 Å². The van der Waals surface area contributed by atoms with E-state index in [1.54, 1.807) is 12.1 Å². The number of methoxy groups -OCH3 is 1. The molecule has 0 bridgehead atoms. The number of rotatable bonds is 3. The van der Waals surface area contributed by atoms with Gasteiger partial charge in [-0.3, -0.25) is 4.79 Å². The third-order valence-corrected chi connectivity index (χ3v) is 3.01. The molecular weight excluding hydrogens is 267 g/mol. The molecule has 4 nitrogen and oxygen atoms in total. The van der Waals surface area contributed by atoms with E-state index in [9.17, 15) is 9.18 Å². The summed E-state index contributed by atoms with van der Waals surface area (Å²) in [5, 5.41) is 5.54. The maximum atomic E-state index is 13.5. The fourth-order valence-corrected chi connectivity index (χ4v) is 2.08. The van der Waals surface area contributed by atoms with Gasteiger partial charge in [0.05, 0.1) is 18.4 Å². The molecule has 1 aromatic rings. The van der Waals surface area contributed by atoms with Gasteiger partial charge in [-0.1, -0.05) is 24.4 Å². The van der Waals surface area contributed by atoms with E-state index in [0.717, 1.165) is 6.42 Å². The Balaban J connectivity index is 2.22. The number of hydrogen-bond donors (Lipinski definition) is 2. The Bertz CT molecular complexity index is 558. The lowest BCUT2D eigenvalue weighted by molar-refractivity contribution is -0.117. The molecule has 2 N–H and O–H groups in total. The van der Waals surface area contributed by atoms with E-state index in [1.807, 2.05) is 0 Å². The van der Waals surface area contributed by atoms with E-state index in [1.165, 1.54) is 19.2 Å². The molecule has 1 aliphatic rings. The summed E-state index contributed by atoms with van der Waals surface area (Å²) in [6.07, 6.45) is 2.49. The van der Waals surface area contributed by atoms with Crippen LogP contribution in [-0.2, 0) is 4.79 Å². The molecule has 1 heterocycles. The van der Waals surface area contributed by atoms with E-state index in [4.69, 9.17) is 17.0 Å². The maximum absolute atomic E-state index is 13.5. The second-order valence-corrected chi connectivity index (χ2v) is 4.35. The molecule has 0 aromatic heterocycles. The molecule has 6 heteroatoms. The number of ether oxygens (including phenoxy) is 1. The van der Waals surface area contributed by atoms with Crippen molar-refractivity contribution >= 4 is 28.8 Å². The Morgan fingerprint density at radius 2 is 2.32 bits per heavy atom. The summed E-state index contributed by atoms with van der Waals surface area (Å²) >= 11 is 5.17. The largest absolute Gasteiger partial charge is 0.492 e. The zero-order valence-corrected chi connectivity index (χ0v) is 11.1.